The first kappa shape index (κ1) is 20.4. The second kappa shape index (κ2) is 9.24. The highest BCUT2D eigenvalue weighted by Gasteiger charge is 2.21. The molecule has 0 bridgehead atoms. The van der Waals surface area contributed by atoms with E-state index in [-0.39, 0.29) is 11.7 Å². The van der Waals surface area contributed by atoms with Crippen molar-refractivity contribution in [2.24, 2.45) is 0 Å². The first-order valence-corrected chi connectivity index (χ1v) is 9.76. The Balaban J connectivity index is 1.71. The SMILES string of the molecule is CCc1c(C(=O)NCc2ccccc2OCc2ccccc2)[nH]c(C)c1C(C)=O. The van der Waals surface area contributed by atoms with Gasteiger partial charge in [0.2, 0.25) is 0 Å². The number of para-hydroxylation sites is 1. The van der Waals surface area contributed by atoms with Gasteiger partial charge in [-0.1, -0.05) is 55.5 Å². The maximum atomic E-state index is 12.8. The van der Waals surface area contributed by atoms with E-state index in [4.69, 9.17) is 4.74 Å². The van der Waals surface area contributed by atoms with Gasteiger partial charge in [-0.2, -0.15) is 0 Å². The van der Waals surface area contributed by atoms with Gasteiger partial charge in [0.15, 0.2) is 5.78 Å². The molecule has 0 radical (unpaired) electrons. The molecule has 0 unspecified atom stereocenters. The summed E-state index contributed by atoms with van der Waals surface area (Å²) in [6.07, 6.45) is 0.610. The molecular formula is C24H26N2O3. The number of carbonyl (C=O) groups is 2. The van der Waals surface area contributed by atoms with Crippen molar-refractivity contribution in [2.75, 3.05) is 0 Å². The van der Waals surface area contributed by atoms with Crippen LogP contribution in [0.25, 0.3) is 0 Å². The molecule has 29 heavy (non-hydrogen) atoms. The number of hydrogen-bond acceptors (Lipinski definition) is 3. The molecule has 2 N–H and O–H groups in total. The van der Waals surface area contributed by atoms with Gasteiger partial charge in [-0.15, -0.1) is 0 Å². The zero-order chi connectivity index (χ0) is 20.8. The van der Waals surface area contributed by atoms with Crippen molar-refractivity contribution in [1.82, 2.24) is 10.3 Å². The van der Waals surface area contributed by atoms with Crippen LogP contribution in [0.3, 0.4) is 0 Å². The number of ether oxygens (including phenoxy) is 1. The van der Waals surface area contributed by atoms with Gasteiger partial charge in [0.05, 0.1) is 0 Å². The van der Waals surface area contributed by atoms with Crippen LogP contribution in [0.1, 0.15) is 57.1 Å². The summed E-state index contributed by atoms with van der Waals surface area (Å²) in [6, 6.07) is 17.6. The van der Waals surface area contributed by atoms with Gasteiger partial charge in [-0.25, -0.2) is 0 Å². The van der Waals surface area contributed by atoms with Crippen LogP contribution in [-0.2, 0) is 19.6 Å². The lowest BCUT2D eigenvalue weighted by Crippen LogP contribution is -2.24. The van der Waals surface area contributed by atoms with Gasteiger partial charge in [0, 0.05) is 23.4 Å². The van der Waals surface area contributed by atoms with Crippen molar-refractivity contribution < 1.29 is 14.3 Å². The zero-order valence-electron chi connectivity index (χ0n) is 17.0. The van der Waals surface area contributed by atoms with Crippen molar-refractivity contribution in [3.63, 3.8) is 0 Å². The van der Waals surface area contributed by atoms with Gasteiger partial charge in [-0.3, -0.25) is 9.59 Å². The van der Waals surface area contributed by atoms with Crippen LogP contribution in [0.5, 0.6) is 5.75 Å². The highest BCUT2D eigenvalue weighted by molar-refractivity contribution is 6.02. The highest BCUT2D eigenvalue weighted by atomic mass is 16.5. The third-order valence-electron chi connectivity index (χ3n) is 4.87. The van der Waals surface area contributed by atoms with Crippen LogP contribution in [0.15, 0.2) is 54.6 Å². The second-order valence-electron chi connectivity index (χ2n) is 6.95. The summed E-state index contributed by atoms with van der Waals surface area (Å²) in [4.78, 5) is 27.8. The van der Waals surface area contributed by atoms with Gasteiger partial charge in [0.1, 0.15) is 18.1 Å². The third-order valence-corrected chi connectivity index (χ3v) is 4.87. The smallest absolute Gasteiger partial charge is 0.268 e. The van der Waals surface area contributed by atoms with Gasteiger partial charge >= 0.3 is 0 Å². The molecule has 0 aliphatic carbocycles. The third kappa shape index (κ3) is 4.74. The number of hydrogen-bond donors (Lipinski definition) is 2. The summed E-state index contributed by atoms with van der Waals surface area (Å²) in [6.45, 7) is 6.08. The molecule has 1 aromatic heterocycles. The number of aromatic amines is 1. The highest BCUT2D eigenvalue weighted by Crippen LogP contribution is 2.22. The first-order valence-electron chi connectivity index (χ1n) is 9.76. The van der Waals surface area contributed by atoms with E-state index in [0.717, 1.165) is 28.1 Å². The Bertz CT molecular complexity index is 1010. The fourth-order valence-electron chi connectivity index (χ4n) is 3.49. The molecule has 1 amide bonds. The molecule has 0 aliphatic rings. The number of benzene rings is 2. The Morgan fingerprint density at radius 3 is 2.41 bits per heavy atom. The lowest BCUT2D eigenvalue weighted by molar-refractivity contribution is 0.0945. The molecule has 150 valence electrons. The number of Topliss-reactive ketones (excluding diaryl/α,β-unsaturated/α-hetero) is 1. The molecule has 0 saturated heterocycles. The first-order chi connectivity index (χ1) is 14.0. The molecule has 5 heteroatoms. The number of amides is 1. The lowest BCUT2D eigenvalue weighted by Gasteiger charge is -2.12. The molecule has 0 fully saturated rings. The number of ketones is 1. The van der Waals surface area contributed by atoms with Crippen molar-refractivity contribution in [1.29, 1.82) is 0 Å². The Labute approximate surface area is 171 Å². The van der Waals surface area contributed by atoms with Gasteiger partial charge in [-0.05, 0) is 37.5 Å². The van der Waals surface area contributed by atoms with Gasteiger partial charge in [0.25, 0.3) is 5.91 Å². The minimum absolute atomic E-state index is 0.0330. The molecule has 0 atom stereocenters. The van der Waals surface area contributed by atoms with E-state index in [1.807, 2.05) is 68.4 Å². The Hall–Kier alpha value is -3.34. The lowest BCUT2D eigenvalue weighted by atomic mass is 10.0. The largest absolute Gasteiger partial charge is 0.489 e. The maximum Gasteiger partial charge on any atom is 0.268 e. The van der Waals surface area contributed by atoms with Crippen LogP contribution < -0.4 is 10.1 Å². The van der Waals surface area contributed by atoms with E-state index in [1.165, 1.54) is 6.92 Å². The predicted molar refractivity (Wildman–Crippen MR) is 113 cm³/mol. The number of carbonyl (C=O) groups excluding carboxylic acids is 2. The summed E-state index contributed by atoms with van der Waals surface area (Å²) in [5.41, 5.74) is 4.54. The standard InChI is InChI=1S/C24H26N2O3/c1-4-20-22(17(3)27)16(2)26-23(20)24(28)25-14-19-12-8-9-13-21(19)29-15-18-10-6-5-7-11-18/h5-13,26H,4,14-15H2,1-3H3,(H,25,28). The normalized spacial score (nSPS) is 10.6. The predicted octanol–water partition coefficient (Wildman–Crippen LogP) is 4.60. The maximum absolute atomic E-state index is 12.8. The van der Waals surface area contributed by atoms with E-state index in [9.17, 15) is 9.59 Å². The number of aromatic nitrogens is 1. The number of aryl methyl sites for hydroxylation is 1. The van der Waals surface area contributed by atoms with Crippen LogP contribution in [-0.4, -0.2) is 16.7 Å². The molecule has 0 aliphatic heterocycles. The minimum Gasteiger partial charge on any atom is -0.489 e. The van der Waals surface area contributed by atoms with E-state index < -0.39 is 0 Å². The van der Waals surface area contributed by atoms with Crippen LogP contribution in [0.2, 0.25) is 0 Å². The van der Waals surface area contributed by atoms with Crippen LogP contribution >= 0.6 is 0 Å². The molecule has 2 aromatic carbocycles. The summed E-state index contributed by atoms with van der Waals surface area (Å²) in [7, 11) is 0. The Morgan fingerprint density at radius 1 is 1.03 bits per heavy atom. The quantitative estimate of drug-likeness (QED) is 0.552. The summed E-state index contributed by atoms with van der Waals surface area (Å²) in [5.74, 6) is 0.476. The second-order valence-corrected chi connectivity index (χ2v) is 6.95. The zero-order valence-corrected chi connectivity index (χ0v) is 17.0. The number of rotatable bonds is 8. The van der Waals surface area contributed by atoms with E-state index in [0.29, 0.717) is 30.8 Å². The topological polar surface area (TPSA) is 71.2 Å². The van der Waals surface area contributed by atoms with Crippen molar-refractivity contribution in [2.45, 2.75) is 40.3 Å². The molecule has 3 aromatic rings. The average Bonchev–Trinajstić information content (AvgIpc) is 3.08. The summed E-state index contributed by atoms with van der Waals surface area (Å²) >= 11 is 0. The molecular weight excluding hydrogens is 364 g/mol. The minimum atomic E-state index is -0.227. The van der Waals surface area contributed by atoms with Crippen LogP contribution in [0.4, 0.5) is 0 Å². The molecule has 0 spiro atoms. The number of H-pyrrole nitrogens is 1. The monoisotopic (exact) mass is 390 g/mol. The molecule has 0 saturated carbocycles. The summed E-state index contributed by atoms with van der Waals surface area (Å²) in [5, 5.41) is 2.95. The number of nitrogens with one attached hydrogen (secondary N) is 2. The van der Waals surface area contributed by atoms with Gasteiger partial charge < -0.3 is 15.0 Å². The molecule has 1 heterocycles. The van der Waals surface area contributed by atoms with Crippen molar-refractivity contribution >= 4 is 11.7 Å². The van der Waals surface area contributed by atoms with Crippen molar-refractivity contribution in [3.05, 3.63) is 88.2 Å². The summed E-state index contributed by atoms with van der Waals surface area (Å²) < 4.78 is 5.96. The molecule has 3 rings (SSSR count). The fraction of sp³-hybridized carbons (Fsp3) is 0.250. The Morgan fingerprint density at radius 2 is 1.72 bits per heavy atom. The van der Waals surface area contributed by atoms with Crippen LogP contribution in [0, 0.1) is 6.92 Å². The van der Waals surface area contributed by atoms with E-state index >= 15 is 0 Å². The van der Waals surface area contributed by atoms with E-state index in [1.54, 1.807) is 0 Å². The fourth-order valence-corrected chi connectivity index (χ4v) is 3.49. The average molecular weight is 390 g/mol. The van der Waals surface area contributed by atoms with E-state index in [2.05, 4.69) is 10.3 Å². The Kier molecular flexibility index (Phi) is 6.50. The van der Waals surface area contributed by atoms with Crippen molar-refractivity contribution in [3.8, 4) is 5.75 Å². The molecule has 5 nitrogen and oxygen atoms in total.